The van der Waals surface area contributed by atoms with Gasteiger partial charge in [0.15, 0.2) is 0 Å². The Morgan fingerprint density at radius 3 is 2.95 bits per heavy atom. The Morgan fingerprint density at radius 2 is 2.09 bits per heavy atom. The maximum atomic E-state index is 12.8. The maximum absolute atomic E-state index is 12.8. The van der Waals surface area contributed by atoms with Crippen LogP contribution in [-0.4, -0.2) is 27.8 Å². The average Bonchev–Trinajstić information content (AvgIpc) is 3.22. The minimum Gasteiger partial charge on any atom is -0.314 e. The number of anilines is 1. The predicted molar refractivity (Wildman–Crippen MR) is 90.1 cm³/mol. The van der Waals surface area contributed by atoms with E-state index in [1.807, 2.05) is 54.9 Å². The summed E-state index contributed by atoms with van der Waals surface area (Å²) in [6.45, 7) is 0.724. The first-order valence-corrected chi connectivity index (χ1v) is 8.18. The van der Waals surface area contributed by atoms with Gasteiger partial charge >= 0.3 is 0 Å². The molecule has 0 N–H and O–H groups in total. The lowest BCUT2D eigenvalue weighted by Crippen LogP contribution is -2.26. The molecule has 0 spiro atoms. The highest BCUT2D eigenvalue weighted by atomic mass is 32.2. The van der Waals surface area contributed by atoms with Crippen LogP contribution in [0.2, 0.25) is 0 Å². The first kappa shape index (κ1) is 13.4. The molecule has 0 bridgehead atoms. The number of rotatable bonds is 2. The van der Waals surface area contributed by atoms with E-state index >= 15 is 0 Å². The van der Waals surface area contributed by atoms with Crippen molar-refractivity contribution < 1.29 is 4.79 Å². The van der Waals surface area contributed by atoms with Crippen molar-refractivity contribution in [1.29, 1.82) is 0 Å². The Balaban J connectivity index is 1.57. The number of carbonyl (C=O) groups excluding carboxylic acids is 1. The summed E-state index contributed by atoms with van der Waals surface area (Å²) in [5.41, 5.74) is 2.04. The summed E-state index contributed by atoms with van der Waals surface area (Å²) >= 11 is 1.69. The molecule has 2 aromatic heterocycles. The number of pyridine rings is 1. The van der Waals surface area contributed by atoms with E-state index in [-0.39, 0.29) is 11.8 Å². The van der Waals surface area contributed by atoms with Crippen LogP contribution in [0.4, 0.5) is 5.69 Å². The summed E-state index contributed by atoms with van der Waals surface area (Å²) < 4.78 is 3.94. The van der Waals surface area contributed by atoms with Gasteiger partial charge in [-0.3, -0.25) is 14.3 Å². The Morgan fingerprint density at radius 1 is 1.18 bits per heavy atom. The van der Waals surface area contributed by atoms with Crippen LogP contribution in [-0.2, 0) is 0 Å². The van der Waals surface area contributed by atoms with Crippen LogP contribution in [0.25, 0.3) is 10.9 Å². The van der Waals surface area contributed by atoms with Gasteiger partial charge in [0.05, 0.1) is 23.3 Å². The van der Waals surface area contributed by atoms with E-state index in [4.69, 9.17) is 0 Å². The number of hydrogen-bond donors (Lipinski definition) is 0. The molecule has 1 aliphatic rings. The standard InChI is InChI=1S/C17H15N3OS/c21-17(19-9-7-13-4-1-2-6-16(13)19)14-11-20(22-12-14)15-5-3-8-18-10-15/h1-10,14H,11-12H2. The number of benzene rings is 1. The number of aromatic nitrogens is 2. The zero-order valence-electron chi connectivity index (χ0n) is 11.9. The number of para-hydroxylation sites is 1. The molecule has 22 heavy (non-hydrogen) atoms. The molecular formula is C17H15N3OS. The summed E-state index contributed by atoms with van der Waals surface area (Å²) in [4.78, 5) is 17.0. The Kier molecular flexibility index (Phi) is 3.35. The molecule has 0 amide bonds. The zero-order valence-corrected chi connectivity index (χ0v) is 12.7. The molecule has 1 aromatic carbocycles. The molecule has 4 rings (SSSR count). The van der Waals surface area contributed by atoms with Gasteiger partial charge in [0.2, 0.25) is 5.91 Å². The second-order valence-electron chi connectivity index (χ2n) is 5.35. The molecule has 110 valence electrons. The molecule has 1 unspecified atom stereocenters. The quantitative estimate of drug-likeness (QED) is 0.680. The largest absolute Gasteiger partial charge is 0.314 e. The fourth-order valence-electron chi connectivity index (χ4n) is 2.79. The van der Waals surface area contributed by atoms with Crippen molar-refractivity contribution >= 4 is 34.4 Å². The lowest BCUT2D eigenvalue weighted by atomic mass is 10.1. The van der Waals surface area contributed by atoms with Gasteiger partial charge in [0.1, 0.15) is 0 Å². The van der Waals surface area contributed by atoms with E-state index in [0.717, 1.165) is 28.9 Å². The minimum absolute atomic E-state index is 0.000937. The smallest absolute Gasteiger partial charge is 0.236 e. The normalized spacial score (nSPS) is 18.0. The van der Waals surface area contributed by atoms with Gasteiger partial charge in [-0.1, -0.05) is 18.2 Å². The molecule has 4 nitrogen and oxygen atoms in total. The lowest BCUT2D eigenvalue weighted by Gasteiger charge is -2.16. The highest BCUT2D eigenvalue weighted by Gasteiger charge is 2.30. The van der Waals surface area contributed by atoms with Crippen molar-refractivity contribution in [2.24, 2.45) is 5.92 Å². The summed E-state index contributed by atoms with van der Waals surface area (Å²) in [7, 11) is 0. The summed E-state index contributed by atoms with van der Waals surface area (Å²) in [5.74, 6) is 0.973. The van der Waals surface area contributed by atoms with Gasteiger partial charge in [-0.15, -0.1) is 0 Å². The summed E-state index contributed by atoms with van der Waals surface area (Å²) in [6.07, 6.45) is 5.48. The molecule has 1 saturated heterocycles. The lowest BCUT2D eigenvalue weighted by molar-refractivity contribution is 0.0862. The van der Waals surface area contributed by atoms with Crippen molar-refractivity contribution in [2.75, 3.05) is 16.6 Å². The topological polar surface area (TPSA) is 38.1 Å². The van der Waals surface area contributed by atoms with E-state index in [0.29, 0.717) is 0 Å². The Hall–Kier alpha value is -2.27. The minimum atomic E-state index is 0.000937. The van der Waals surface area contributed by atoms with Gasteiger partial charge in [0.25, 0.3) is 0 Å². The average molecular weight is 309 g/mol. The highest BCUT2D eigenvalue weighted by molar-refractivity contribution is 8.00. The molecule has 1 aliphatic heterocycles. The fraction of sp³-hybridized carbons (Fsp3) is 0.176. The first-order chi connectivity index (χ1) is 10.8. The van der Waals surface area contributed by atoms with Crippen LogP contribution in [0, 0.1) is 5.92 Å². The molecule has 1 fully saturated rings. The van der Waals surface area contributed by atoms with Crippen molar-refractivity contribution in [2.45, 2.75) is 0 Å². The van der Waals surface area contributed by atoms with E-state index in [1.54, 1.807) is 22.7 Å². The van der Waals surface area contributed by atoms with Crippen LogP contribution >= 0.6 is 11.9 Å². The van der Waals surface area contributed by atoms with E-state index < -0.39 is 0 Å². The van der Waals surface area contributed by atoms with Crippen molar-refractivity contribution in [1.82, 2.24) is 9.55 Å². The zero-order chi connectivity index (χ0) is 14.9. The van der Waals surface area contributed by atoms with Crippen molar-refractivity contribution in [3.63, 3.8) is 0 Å². The summed E-state index contributed by atoms with van der Waals surface area (Å²) in [5, 5.41) is 1.10. The molecule has 0 radical (unpaired) electrons. The Labute approximate surface area is 132 Å². The molecule has 3 heterocycles. The van der Waals surface area contributed by atoms with Gasteiger partial charge in [0, 0.05) is 30.1 Å². The molecular weight excluding hydrogens is 294 g/mol. The molecule has 0 aliphatic carbocycles. The number of fused-ring (bicyclic) bond motifs is 1. The van der Waals surface area contributed by atoms with Crippen molar-refractivity contribution in [3.8, 4) is 0 Å². The van der Waals surface area contributed by atoms with Crippen LogP contribution in [0.3, 0.4) is 0 Å². The number of nitrogens with zero attached hydrogens (tertiary/aromatic N) is 3. The van der Waals surface area contributed by atoms with E-state index in [1.165, 1.54) is 0 Å². The van der Waals surface area contributed by atoms with E-state index in [9.17, 15) is 4.79 Å². The monoisotopic (exact) mass is 309 g/mol. The highest BCUT2D eigenvalue weighted by Crippen LogP contribution is 2.32. The SMILES string of the molecule is O=C(C1CSN(c2cccnc2)C1)n1ccc2ccccc21. The van der Waals surface area contributed by atoms with Gasteiger partial charge < -0.3 is 4.31 Å². The second-order valence-corrected chi connectivity index (χ2v) is 6.38. The van der Waals surface area contributed by atoms with E-state index in [2.05, 4.69) is 9.29 Å². The molecule has 5 heteroatoms. The second kappa shape index (κ2) is 5.50. The fourth-order valence-corrected chi connectivity index (χ4v) is 3.94. The third-order valence-electron chi connectivity index (χ3n) is 3.94. The Bertz CT molecular complexity index is 815. The van der Waals surface area contributed by atoms with Gasteiger partial charge in [-0.2, -0.15) is 0 Å². The number of hydrogen-bond acceptors (Lipinski definition) is 4. The van der Waals surface area contributed by atoms with Crippen LogP contribution in [0.1, 0.15) is 4.79 Å². The van der Waals surface area contributed by atoms with Gasteiger partial charge in [-0.25, -0.2) is 0 Å². The maximum Gasteiger partial charge on any atom is 0.236 e. The van der Waals surface area contributed by atoms with Crippen LogP contribution in [0.15, 0.2) is 61.1 Å². The predicted octanol–water partition coefficient (Wildman–Crippen LogP) is 3.46. The van der Waals surface area contributed by atoms with Crippen molar-refractivity contribution in [3.05, 3.63) is 61.1 Å². The molecule has 3 aromatic rings. The molecule has 0 saturated carbocycles. The first-order valence-electron chi connectivity index (χ1n) is 7.24. The van der Waals surface area contributed by atoms with Gasteiger partial charge in [-0.05, 0) is 36.2 Å². The molecule has 1 atom stereocenters. The third-order valence-corrected chi connectivity index (χ3v) is 5.16. The van der Waals surface area contributed by atoms with Crippen LogP contribution in [0.5, 0.6) is 0 Å². The third kappa shape index (κ3) is 2.27. The summed E-state index contributed by atoms with van der Waals surface area (Å²) in [6, 6.07) is 13.9. The van der Waals surface area contributed by atoms with Crippen LogP contribution < -0.4 is 4.31 Å². The number of carbonyl (C=O) groups is 1.